The van der Waals surface area contributed by atoms with Crippen LogP contribution in [-0.2, 0) is 20.9 Å². The Labute approximate surface area is 237 Å². The number of esters is 1. The lowest BCUT2D eigenvalue weighted by atomic mass is 9.63. The van der Waals surface area contributed by atoms with Crippen LogP contribution < -0.4 is 23.7 Å². The quantitative estimate of drug-likeness (QED) is 0.204. The van der Waals surface area contributed by atoms with Crippen LogP contribution >= 0.6 is 0 Å². The fourth-order valence-corrected chi connectivity index (χ4v) is 6.09. The number of methoxy groups -OCH3 is 2. The van der Waals surface area contributed by atoms with Gasteiger partial charge in [-0.3, -0.25) is 4.79 Å². The van der Waals surface area contributed by atoms with Crippen molar-refractivity contribution in [3.8, 4) is 28.7 Å². The highest BCUT2D eigenvalue weighted by Crippen LogP contribution is 2.56. The summed E-state index contributed by atoms with van der Waals surface area (Å²) < 4.78 is 39.3. The summed E-state index contributed by atoms with van der Waals surface area (Å²) in [6.07, 6.45) is 3.11. The third-order valence-electron chi connectivity index (χ3n) is 7.87. The van der Waals surface area contributed by atoms with Gasteiger partial charge in [-0.2, -0.15) is 0 Å². The Morgan fingerprint density at radius 2 is 1.63 bits per heavy atom. The molecule has 9 heteroatoms. The van der Waals surface area contributed by atoms with Crippen molar-refractivity contribution in [2.75, 3.05) is 27.6 Å². The van der Waals surface area contributed by atoms with E-state index in [1.165, 1.54) is 14.2 Å². The molecule has 3 aliphatic rings. The Morgan fingerprint density at radius 1 is 0.951 bits per heavy atom. The van der Waals surface area contributed by atoms with E-state index in [4.69, 9.17) is 33.2 Å². The second-order valence-corrected chi connectivity index (χ2v) is 10.1. The average molecular weight is 559 g/mol. The van der Waals surface area contributed by atoms with Gasteiger partial charge in [0.2, 0.25) is 12.5 Å². The van der Waals surface area contributed by atoms with Gasteiger partial charge in [0.15, 0.2) is 23.0 Å². The number of ether oxygens (including phenoxy) is 7. The van der Waals surface area contributed by atoms with E-state index in [0.29, 0.717) is 11.5 Å². The molecule has 2 aliphatic heterocycles. The first-order valence-corrected chi connectivity index (χ1v) is 13.4. The molecule has 3 aromatic carbocycles. The van der Waals surface area contributed by atoms with Crippen LogP contribution in [-0.4, -0.2) is 39.7 Å². The molecule has 41 heavy (non-hydrogen) atoms. The standard InChI is InChI=1S/C32H30O9/c1-4-8-20-21-13-24-25(40-17-39-24)14-22(21)28(23-16-37-31(33)29(20)23)19-11-26(35-2)30(27(12-19)36-3)41-32(34)38-15-18-9-6-5-7-10-18/h4-14,20,23,28-29H,15-17H2,1-3H3/t20-,23+,28-,29+/m1/s1. The highest BCUT2D eigenvalue weighted by atomic mass is 16.7. The first-order valence-electron chi connectivity index (χ1n) is 13.4. The molecule has 0 amide bonds. The van der Waals surface area contributed by atoms with Crippen molar-refractivity contribution in [2.24, 2.45) is 11.8 Å². The van der Waals surface area contributed by atoms with E-state index in [0.717, 1.165) is 22.3 Å². The van der Waals surface area contributed by atoms with Gasteiger partial charge in [0.05, 0.1) is 26.7 Å². The van der Waals surface area contributed by atoms with Crippen LogP contribution in [0.5, 0.6) is 28.7 Å². The van der Waals surface area contributed by atoms with Crippen LogP contribution in [0, 0.1) is 11.8 Å². The molecule has 2 heterocycles. The van der Waals surface area contributed by atoms with Crippen LogP contribution in [0.3, 0.4) is 0 Å². The van der Waals surface area contributed by atoms with Crippen LogP contribution in [0.2, 0.25) is 0 Å². The maximum absolute atomic E-state index is 13.1. The smallest absolute Gasteiger partial charge is 0.493 e. The van der Waals surface area contributed by atoms with E-state index in [2.05, 4.69) is 0 Å². The third-order valence-corrected chi connectivity index (χ3v) is 7.87. The summed E-state index contributed by atoms with van der Waals surface area (Å²) in [6, 6.07) is 16.9. The molecule has 0 radical (unpaired) electrons. The predicted octanol–water partition coefficient (Wildman–Crippen LogP) is 5.74. The molecule has 0 unspecified atom stereocenters. The zero-order valence-corrected chi connectivity index (χ0v) is 23.0. The number of carbonyl (C=O) groups excluding carboxylic acids is 2. The minimum atomic E-state index is -0.891. The minimum absolute atomic E-state index is 0.0574. The number of rotatable bonds is 7. The Bertz CT molecular complexity index is 1470. The van der Waals surface area contributed by atoms with Gasteiger partial charge in [-0.05, 0) is 53.4 Å². The number of carbonyl (C=O) groups is 2. The lowest BCUT2D eigenvalue weighted by Gasteiger charge is -2.38. The number of hydrogen-bond acceptors (Lipinski definition) is 9. The summed E-state index contributed by atoms with van der Waals surface area (Å²) in [5, 5.41) is 0. The molecule has 6 rings (SSSR count). The number of benzene rings is 3. The molecule has 212 valence electrons. The fourth-order valence-electron chi connectivity index (χ4n) is 6.09. The SMILES string of the molecule is CC=C[C@@H]1c2cc3c(cc2[C@@H](c2cc(OC)c(OC(=O)OCc4ccccc4)c(OC)c2)[C@@H]2COC(=O)[C@H]21)OCO3. The van der Waals surface area contributed by atoms with Gasteiger partial charge in [-0.1, -0.05) is 42.5 Å². The van der Waals surface area contributed by atoms with Crippen molar-refractivity contribution in [1.29, 1.82) is 0 Å². The van der Waals surface area contributed by atoms with Crippen LogP contribution in [0.25, 0.3) is 0 Å². The van der Waals surface area contributed by atoms with E-state index in [-0.39, 0.29) is 66.9 Å². The number of fused-ring (bicyclic) bond motifs is 3. The fraction of sp³-hybridized carbons (Fsp3) is 0.312. The molecule has 1 fully saturated rings. The summed E-state index contributed by atoms with van der Waals surface area (Å²) in [5.41, 5.74) is 3.61. The zero-order valence-electron chi connectivity index (χ0n) is 23.0. The van der Waals surface area contributed by atoms with Crippen molar-refractivity contribution in [3.63, 3.8) is 0 Å². The molecule has 1 saturated heterocycles. The molecule has 0 N–H and O–H groups in total. The molecular formula is C32H30O9. The minimum Gasteiger partial charge on any atom is -0.493 e. The molecule has 0 aromatic heterocycles. The normalized spacial score (nSPS) is 22.1. The van der Waals surface area contributed by atoms with Crippen LogP contribution in [0.1, 0.15) is 41.0 Å². The molecule has 0 bridgehead atoms. The van der Waals surface area contributed by atoms with Crippen molar-refractivity contribution < 1.29 is 42.7 Å². The van der Waals surface area contributed by atoms with E-state index < -0.39 is 6.16 Å². The van der Waals surface area contributed by atoms with Crippen LogP contribution in [0.4, 0.5) is 4.79 Å². The third kappa shape index (κ3) is 4.81. The van der Waals surface area contributed by atoms with Gasteiger partial charge in [-0.25, -0.2) is 4.79 Å². The highest BCUT2D eigenvalue weighted by molar-refractivity contribution is 5.79. The summed E-state index contributed by atoms with van der Waals surface area (Å²) in [5.74, 6) is 0.759. The Morgan fingerprint density at radius 3 is 2.29 bits per heavy atom. The van der Waals surface area contributed by atoms with Gasteiger partial charge < -0.3 is 33.2 Å². The van der Waals surface area contributed by atoms with Gasteiger partial charge in [0.25, 0.3) is 0 Å². The number of cyclic esters (lactones) is 1. The molecular weight excluding hydrogens is 528 g/mol. The van der Waals surface area contributed by atoms with Gasteiger partial charge in [-0.15, -0.1) is 0 Å². The predicted molar refractivity (Wildman–Crippen MR) is 147 cm³/mol. The summed E-state index contributed by atoms with van der Waals surface area (Å²) in [6.45, 7) is 2.40. The van der Waals surface area contributed by atoms with E-state index in [9.17, 15) is 9.59 Å². The maximum atomic E-state index is 13.1. The van der Waals surface area contributed by atoms with Gasteiger partial charge in [0.1, 0.15) is 6.61 Å². The summed E-state index contributed by atoms with van der Waals surface area (Å²) >= 11 is 0. The van der Waals surface area contributed by atoms with Crippen LogP contribution in [0.15, 0.2) is 66.7 Å². The summed E-state index contributed by atoms with van der Waals surface area (Å²) in [7, 11) is 2.97. The maximum Gasteiger partial charge on any atom is 0.514 e. The Hall–Kier alpha value is -4.66. The molecule has 0 spiro atoms. The molecule has 9 nitrogen and oxygen atoms in total. The van der Waals surface area contributed by atoms with E-state index >= 15 is 0 Å². The van der Waals surface area contributed by atoms with Crippen molar-refractivity contribution >= 4 is 12.1 Å². The van der Waals surface area contributed by atoms with Crippen molar-refractivity contribution in [2.45, 2.75) is 25.4 Å². The first kappa shape index (κ1) is 26.6. The molecule has 0 saturated carbocycles. The summed E-state index contributed by atoms with van der Waals surface area (Å²) in [4.78, 5) is 25.7. The zero-order chi connectivity index (χ0) is 28.5. The monoisotopic (exact) mass is 558 g/mol. The van der Waals surface area contributed by atoms with Crippen molar-refractivity contribution in [3.05, 3.63) is 89.0 Å². The second-order valence-electron chi connectivity index (χ2n) is 10.1. The lowest BCUT2D eigenvalue weighted by molar-refractivity contribution is -0.141. The average Bonchev–Trinajstić information content (AvgIpc) is 3.62. The highest BCUT2D eigenvalue weighted by Gasteiger charge is 2.51. The van der Waals surface area contributed by atoms with E-state index in [1.807, 2.05) is 61.5 Å². The second kappa shape index (κ2) is 11.1. The largest absolute Gasteiger partial charge is 0.514 e. The van der Waals surface area contributed by atoms with Crippen molar-refractivity contribution in [1.82, 2.24) is 0 Å². The lowest BCUT2D eigenvalue weighted by Crippen LogP contribution is -2.34. The van der Waals surface area contributed by atoms with E-state index in [1.54, 1.807) is 12.1 Å². The Kier molecular flexibility index (Phi) is 7.17. The van der Waals surface area contributed by atoms with Gasteiger partial charge >= 0.3 is 12.1 Å². The molecule has 1 aliphatic carbocycles. The topological polar surface area (TPSA) is 98.8 Å². The first-order chi connectivity index (χ1) is 20.0. The molecule has 3 aromatic rings. The number of allylic oxidation sites excluding steroid dienone is 2. The number of hydrogen-bond donors (Lipinski definition) is 0. The molecule has 4 atom stereocenters. The Balaban J connectivity index is 1.39. The van der Waals surface area contributed by atoms with Gasteiger partial charge in [0, 0.05) is 17.8 Å².